The Kier molecular flexibility index (Phi) is 7.38. The van der Waals surface area contributed by atoms with Crippen LogP contribution >= 0.6 is 0 Å². The number of halogens is 6. The fraction of sp³-hybridized carbons (Fsp3) is 0.240. The third-order valence-electron chi connectivity index (χ3n) is 5.79. The minimum atomic E-state index is -4.80. The lowest BCUT2D eigenvalue weighted by molar-refractivity contribution is -0.274. The maximum absolute atomic E-state index is 13.8. The summed E-state index contributed by atoms with van der Waals surface area (Å²) in [6.45, 7) is 1.76. The molecule has 0 radical (unpaired) electrons. The summed E-state index contributed by atoms with van der Waals surface area (Å²) in [6, 6.07) is 10.3. The van der Waals surface area contributed by atoms with E-state index >= 15 is 0 Å². The Balaban J connectivity index is 1.37. The van der Waals surface area contributed by atoms with E-state index in [1.807, 2.05) is 4.90 Å². The SMILES string of the molecule is FC(F)(F)Oc1ccc(Nc2cc(Nc3nccn3-c3cc(N4CCOCC4)cc(C(F)(F)F)c3)ncn2)cc1. The molecule has 5 rings (SSSR count). The molecule has 1 fully saturated rings. The lowest BCUT2D eigenvalue weighted by atomic mass is 10.1. The highest BCUT2D eigenvalue weighted by molar-refractivity contribution is 5.63. The number of ether oxygens (including phenoxy) is 2. The number of hydrogen-bond donors (Lipinski definition) is 2. The average Bonchev–Trinajstić information content (AvgIpc) is 3.37. The van der Waals surface area contributed by atoms with Crippen LogP contribution < -0.4 is 20.3 Å². The van der Waals surface area contributed by atoms with Gasteiger partial charge >= 0.3 is 12.5 Å². The van der Waals surface area contributed by atoms with Gasteiger partial charge in [-0.3, -0.25) is 4.57 Å². The number of alkyl halides is 6. The molecule has 2 aromatic heterocycles. The summed E-state index contributed by atoms with van der Waals surface area (Å²) in [6.07, 6.45) is -5.17. The molecule has 15 heteroatoms. The number of aromatic nitrogens is 4. The summed E-state index contributed by atoms with van der Waals surface area (Å²) in [5.74, 6) is 0.392. The number of nitrogens with one attached hydrogen (secondary N) is 2. The highest BCUT2D eigenvalue weighted by Crippen LogP contribution is 2.35. The molecule has 1 saturated heterocycles. The molecule has 4 aromatic rings. The molecule has 2 N–H and O–H groups in total. The first kappa shape index (κ1) is 27.1. The van der Waals surface area contributed by atoms with E-state index in [2.05, 4.69) is 30.3 Å². The summed E-state index contributed by atoms with van der Waals surface area (Å²) < 4.78 is 89.1. The lowest BCUT2D eigenvalue weighted by Gasteiger charge is -2.30. The lowest BCUT2D eigenvalue weighted by Crippen LogP contribution is -2.36. The molecule has 0 atom stereocenters. The summed E-state index contributed by atoms with van der Waals surface area (Å²) in [4.78, 5) is 14.3. The van der Waals surface area contributed by atoms with E-state index in [1.54, 1.807) is 6.07 Å². The zero-order chi connectivity index (χ0) is 28.3. The smallest absolute Gasteiger partial charge is 0.406 e. The van der Waals surface area contributed by atoms with Crippen LogP contribution in [0.5, 0.6) is 5.75 Å². The Labute approximate surface area is 223 Å². The van der Waals surface area contributed by atoms with Crippen molar-refractivity contribution in [3.63, 3.8) is 0 Å². The van der Waals surface area contributed by atoms with Crippen molar-refractivity contribution in [3.05, 3.63) is 72.8 Å². The molecule has 0 amide bonds. The van der Waals surface area contributed by atoms with Gasteiger partial charge < -0.3 is 25.0 Å². The molecule has 3 heterocycles. The van der Waals surface area contributed by atoms with E-state index in [4.69, 9.17) is 4.74 Å². The number of rotatable bonds is 7. The van der Waals surface area contributed by atoms with Gasteiger partial charge in [-0.1, -0.05) is 0 Å². The molecular formula is C25H21F6N7O2. The maximum Gasteiger partial charge on any atom is 0.573 e. The van der Waals surface area contributed by atoms with E-state index in [0.29, 0.717) is 43.5 Å². The third kappa shape index (κ3) is 6.72. The van der Waals surface area contributed by atoms with E-state index in [9.17, 15) is 26.3 Å². The zero-order valence-electron chi connectivity index (χ0n) is 20.5. The normalized spacial score (nSPS) is 14.2. The zero-order valence-corrected chi connectivity index (χ0v) is 20.5. The van der Waals surface area contributed by atoms with Crippen molar-refractivity contribution in [1.29, 1.82) is 0 Å². The van der Waals surface area contributed by atoms with Crippen LogP contribution in [0.15, 0.2) is 67.3 Å². The first-order chi connectivity index (χ1) is 19.0. The summed E-state index contributed by atoms with van der Waals surface area (Å²) >= 11 is 0. The van der Waals surface area contributed by atoms with Crippen LogP contribution in [0.25, 0.3) is 5.69 Å². The molecule has 40 heavy (non-hydrogen) atoms. The van der Waals surface area contributed by atoms with Gasteiger partial charge in [0, 0.05) is 42.9 Å². The van der Waals surface area contributed by atoms with Crippen LogP contribution in [-0.2, 0) is 10.9 Å². The summed E-state index contributed by atoms with van der Waals surface area (Å²) in [7, 11) is 0. The van der Waals surface area contributed by atoms with Gasteiger partial charge in [0.05, 0.1) is 24.5 Å². The number of benzene rings is 2. The minimum absolute atomic E-state index is 0.200. The van der Waals surface area contributed by atoms with Gasteiger partial charge in [0.25, 0.3) is 0 Å². The van der Waals surface area contributed by atoms with Crippen LogP contribution in [0.1, 0.15) is 5.56 Å². The number of morpholine rings is 1. The van der Waals surface area contributed by atoms with Crippen molar-refractivity contribution in [3.8, 4) is 11.4 Å². The first-order valence-electron chi connectivity index (χ1n) is 11.8. The van der Waals surface area contributed by atoms with E-state index < -0.39 is 18.1 Å². The summed E-state index contributed by atoms with van der Waals surface area (Å²) in [5, 5.41) is 5.90. The van der Waals surface area contributed by atoms with Crippen LogP contribution in [0, 0.1) is 0 Å². The fourth-order valence-corrected chi connectivity index (χ4v) is 4.00. The second-order valence-corrected chi connectivity index (χ2v) is 8.57. The van der Waals surface area contributed by atoms with Gasteiger partial charge in [0.2, 0.25) is 5.95 Å². The van der Waals surface area contributed by atoms with Crippen molar-refractivity contribution < 1.29 is 35.8 Å². The van der Waals surface area contributed by atoms with Crippen LogP contribution in [0.4, 0.5) is 55.3 Å². The van der Waals surface area contributed by atoms with Gasteiger partial charge in [-0.25, -0.2) is 15.0 Å². The Bertz CT molecular complexity index is 1450. The quantitative estimate of drug-likeness (QED) is 0.268. The molecule has 210 valence electrons. The number of imidazole rings is 1. The van der Waals surface area contributed by atoms with Gasteiger partial charge in [0.1, 0.15) is 23.7 Å². The topological polar surface area (TPSA) is 89.4 Å². The molecule has 9 nitrogen and oxygen atoms in total. The largest absolute Gasteiger partial charge is 0.573 e. The second-order valence-electron chi connectivity index (χ2n) is 8.57. The molecule has 0 saturated carbocycles. The predicted octanol–water partition coefficient (Wildman–Crippen LogP) is 5.90. The Morgan fingerprint density at radius 3 is 2.15 bits per heavy atom. The van der Waals surface area contributed by atoms with E-state index in [1.165, 1.54) is 41.5 Å². The predicted molar refractivity (Wildman–Crippen MR) is 133 cm³/mol. The molecular weight excluding hydrogens is 544 g/mol. The van der Waals surface area contributed by atoms with Gasteiger partial charge in [-0.15, -0.1) is 13.2 Å². The molecule has 2 aromatic carbocycles. The van der Waals surface area contributed by atoms with Crippen LogP contribution in [-0.4, -0.2) is 52.2 Å². The summed E-state index contributed by atoms with van der Waals surface area (Å²) in [5.41, 5.74) is 0.282. The van der Waals surface area contributed by atoms with Gasteiger partial charge in [0.15, 0.2) is 0 Å². The molecule has 1 aliphatic rings. The first-order valence-corrected chi connectivity index (χ1v) is 11.8. The molecule has 1 aliphatic heterocycles. The number of anilines is 5. The van der Waals surface area contributed by atoms with E-state index in [0.717, 1.165) is 24.3 Å². The van der Waals surface area contributed by atoms with Crippen LogP contribution in [0.2, 0.25) is 0 Å². The maximum atomic E-state index is 13.8. The van der Waals surface area contributed by atoms with Gasteiger partial charge in [-0.2, -0.15) is 13.2 Å². The Morgan fingerprint density at radius 2 is 1.48 bits per heavy atom. The number of hydrogen-bond acceptors (Lipinski definition) is 8. The standard InChI is InChI=1S/C25H21F6N7O2/c26-24(27,28)16-11-18(37-7-9-39-10-8-37)13-19(12-16)38-6-5-32-23(38)36-22-14-21(33-15-34-22)35-17-1-3-20(4-2-17)40-25(29,30)31/h1-6,11-15H,7-10H2,(H2,32,33,34,35,36). The fourth-order valence-electron chi connectivity index (χ4n) is 4.00. The van der Waals surface area contributed by atoms with Crippen molar-refractivity contribution in [2.24, 2.45) is 0 Å². The number of nitrogens with zero attached hydrogens (tertiary/aromatic N) is 5. The van der Waals surface area contributed by atoms with Crippen molar-refractivity contribution >= 4 is 29.0 Å². The minimum Gasteiger partial charge on any atom is -0.406 e. The molecule has 0 unspecified atom stereocenters. The highest BCUT2D eigenvalue weighted by Gasteiger charge is 2.32. The third-order valence-corrected chi connectivity index (χ3v) is 5.79. The van der Waals surface area contributed by atoms with E-state index in [-0.39, 0.29) is 23.2 Å². The second kappa shape index (κ2) is 10.9. The van der Waals surface area contributed by atoms with Crippen molar-refractivity contribution in [2.75, 3.05) is 41.8 Å². The van der Waals surface area contributed by atoms with Crippen molar-refractivity contribution in [1.82, 2.24) is 19.5 Å². The average molecular weight is 565 g/mol. The Hall–Kier alpha value is -4.53. The molecule has 0 aliphatic carbocycles. The molecule has 0 bridgehead atoms. The Morgan fingerprint density at radius 1 is 0.800 bits per heavy atom. The molecule has 0 spiro atoms. The monoisotopic (exact) mass is 565 g/mol. The highest BCUT2D eigenvalue weighted by atomic mass is 19.4. The van der Waals surface area contributed by atoms with Crippen molar-refractivity contribution in [2.45, 2.75) is 12.5 Å². The van der Waals surface area contributed by atoms with Crippen LogP contribution in [0.3, 0.4) is 0 Å². The van der Waals surface area contributed by atoms with Gasteiger partial charge in [-0.05, 0) is 42.5 Å².